The van der Waals surface area contributed by atoms with Crippen LogP contribution in [0.25, 0.3) is 0 Å². The Morgan fingerprint density at radius 2 is 0.587 bits per heavy atom. The first-order chi connectivity index (χ1) is 22.7. The van der Waals surface area contributed by atoms with E-state index in [1.165, 1.54) is 205 Å². The van der Waals surface area contributed by atoms with E-state index < -0.39 is 5.97 Å². The van der Waals surface area contributed by atoms with Gasteiger partial charge in [-0.2, -0.15) is 0 Å². The summed E-state index contributed by atoms with van der Waals surface area (Å²) >= 11 is 0. The summed E-state index contributed by atoms with van der Waals surface area (Å²) in [6, 6.07) is 0. The lowest BCUT2D eigenvalue weighted by molar-refractivity contribution is -0.144. The van der Waals surface area contributed by atoms with Crippen molar-refractivity contribution in [1.29, 1.82) is 0 Å². The highest BCUT2D eigenvalue weighted by Gasteiger charge is 2.03. The first kappa shape index (κ1) is 44.9. The minimum atomic E-state index is -0.655. The molecule has 0 aromatic carbocycles. The third kappa shape index (κ3) is 41.0. The fourth-order valence-electron chi connectivity index (χ4n) is 6.64. The normalized spacial score (nSPS) is 11.3. The predicted octanol–water partition coefficient (Wildman–Crippen LogP) is 14.5. The summed E-state index contributed by atoms with van der Waals surface area (Å²) in [7, 11) is 0. The Morgan fingerprint density at radius 1 is 0.348 bits per heavy atom. The summed E-state index contributed by atoms with van der Waals surface area (Å²) in [5.74, 6) is -0.636. The van der Waals surface area contributed by atoms with Gasteiger partial charge in [0.2, 0.25) is 0 Å². The maximum Gasteiger partial charge on any atom is 0.305 e. The monoisotopic (exact) mass is 651 g/mol. The summed E-state index contributed by atoms with van der Waals surface area (Å²) in [6.45, 7) is 2.90. The van der Waals surface area contributed by atoms with Crippen LogP contribution in [0, 0.1) is 0 Å². The molecule has 4 heteroatoms. The summed E-state index contributed by atoms with van der Waals surface area (Å²) in [5.41, 5.74) is 0. The molecule has 0 unspecified atom stereocenters. The Labute approximate surface area is 288 Å². The van der Waals surface area contributed by atoms with Gasteiger partial charge < -0.3 is 9.84 Å². The van der Waals surface area contributed by atoms with E-state index >= 15 is 0 Å². The molecule has 0 amide bonds. The van der Waals surface area contributed by atoms with Gasteiger partial charge >= 0.3 is 11.9 Å². The molecule has 46 heavy (non-hydrogen) atoms. The molecule has 0 rings (SSSR count). The van der Waals surface area contributed by atoms with E-state index in [4.69, 9.17) is 9.84 Å². The van der Waals surface area contributed by atoms with Gasteiger partial charge in [-0.1, -0.05) is 219 Å². The molecule has 0 aliphatic rings. The standard InChI is InChI=1S/C42H82O4/c1-2-3-4-5-6-7-23-27-30-33-36-39-42(45)46-40-37-34-31-28-25-22-20-18-16-14-12-10-8-9-11-13-15-17-19-21-24-26-29-32-35-38-41(43)44/h2-40H2,1H3,(H,43,44). The predicted molar refractivity (Wildman–Crippen MR) is 200 cm³/mol. The fraction of sp³-hybridized carbons (Fsp3) is 0.952. The molecule has 0 aliphatic carbocycles. The van der Waals surface area contributed by atoms with Crippen LogP contribution < -0.4 is 0 Å². The van der Waals surface area contributed by atoms with Crippen LogP contribution in [0.1, 0.15) is 251 Å². The first-order valence-corrected chi connectivity index (χ1v) is 21.0. The second kappa shape index (κ2) is 40.1. The number of unbranched alkanes of at least 4 members (excludes halogenated alkanes) is 34. The third-order valence-electron chi connectivity index (χ3n) is 9.78. The number of esters is 1. The topological polar surface area (TPSA) is 63.6 Å². The number of ether oxygens (including phenoxy) is 1. The molecule has 274 valence electrons. The van der Waals surface area contributed by atoms with E-state index in [2.05, 4.69) is 6.92 Å². The number of rotatable bonds is 40. The quantitative estimate of drug-likeness (QED) is 0.0529. The summed E-state index contributed by atoms with van der Waals surface area (Å²) in [4.78, 5) is 22.4. The van der Waals surface area contributed by atoms with E-state index in [9.17, 15) is 9.59 Å². The molecule has 0 radical (unpaired) electrons. The Balaban J connectivity index is 3.12. The van der Waals surface area contributed by atoms with Crippen LogP contribution in [0.2, 0.25) is 0 Å². The lowest BCUT2D eigenvalue weighted by Crippen LogP contribution is -2.05. The van der Waals surface area contributed by atoms with Crippen molar-refractivity contribution < 1.29 is 19.4 Å². The lowest BCUT2D eigenvalue weighted by atomic mass is 10.0. The van der Waals surface area contributed by atoms with E-state index in [0.717, 1.165) is 25.7 Å². The second-order valence-corrected chi connectivity index (χ2v) is 14.5. The molecular formula is C42H82O4. The van der Waals surface area contributed by atoms with Crippen LogP contribution in [0.4, 0.5) is 0 Å². The van der Waals surface area contributed by atoms with Crippen molar-refractivity contribution in [3.8, 4) is 0 Å². The van der Waals surface area contributed by atoms with Gasteiger partial charge in [0, 0.05) is 12.8 Å². The molecule has 0 aromatic rings. The molecule has 0 heterocycles. The van der Waals surface area contributed by atoms with Gasteiger partial charge in [-0.25, -0.2) is 0 Å². The highest BCUT2D eigenvalue weighted by atomic mass is 16.5. The van der Waals surface area contributed by atoms with Crippen LogP contribution in [0.15, 0.2) is 0 Å². The van der Waals surface area contributed by atoms with Crippen LogP contribution in [-0.4, -0.2) is 23.7 Å². The highest BCUT2D eigenvalue weighted by Crippen LogP contribution is 2.16. The molecule has 4 nitrogen and oxygen atoms in total. The summed E-state index contributed by atoms with van der Waals surface area (Å²) < 4.78 is 5.44. The molecule has 0 aliphatic heterocycles. The van der Waals surface area contributed by atoms with Gasteiger partial charge in [0.25, 0.3) is 0 Å². The van der Waals surface area contributed by atoms with Crippen molar-refractivity contribution in [2.24, 2.45) is 0 Å². The van der Waals surface area contributed by atoms with Crippen LogP contribution in [0.5, 0.6) is 0 Å². The first-order valence-electron chi connectivity index (χ1n) is 21.0. The number of hydrogen-bond acceptors (Lipinski definition) is 3. The van der Waals surface area contributed by atoms with E-state index in [1.807, 2.05) is 0 Å². The van der Waals surface area contributed by atoms with Crippen molar-refractivity contribution in [3.05, 3.63) is 0 Å². The maximum atomic E-state index is 11.9. The maximum absolute atomic E-state index is 11.9. The minimum Gasteiger partial charge on any atom is -0.481 e. The Kier molecular flexibility index (Phi) is 39.2. The average molecular weight is 651 g/mol. The van der Waals surface area contributed by atoms with Crippen LogP contribution >= 0.6 is 0 Å². The van der Waals surface area contributed by atoms with Crippen molar-refractivity contribution >= 4 is 11.9 Å². The van der Waals surface area contributed by atoms with Gasteiger partial charge in [-0.15, -0.1) is 0 Å². The fourth-order valence-corrected chi connectivity index (χ4v) is 6.64. The number of carbonyl (C=O) groups is 2. The molecule has 1 N–H and O–H groups in total. The Hall–Kier alpha value is -1.06. The molecular weight excluding hydrogens is 568 g/mol. The van der Waals surface area contributed by atoms with Gasteiger partial charge in [-0.3, -0.25) is 9.59 Å². The molecule has 0 bridgehead atoms. The number of aliphatic carboxylic acids is 1. The average Bonchev–Trinajstić information content (AvgIpc) is 3.04. The van der Waals surface area contributed by atoms with E-state index in [0.29, 0.717) is 19.4 Å². The van der Waals surface area contributed by atoms with Gasteiger partial charge in [0.1, 0.15) is 0 Å². The molecule has 0 aromatic heterocycles. The number of carboxylic acids is 1. The minimum absolute atomic E-state index is 0.0186. The molecule has 0 spiro atoms. The van der Waals surface area contributed by atoms with Crippen molar-refractivity contribution in [3.63, 3.8) is 0 Å². The van der Waals surface area contributed by atoms with E-state index in [1.54, 1.807) is 0 Å². The van der Waals surface area contributed by atoms with Gasteiger partial charge in [0.05, 0.1) is 6.61 Å². The molecule has 0 atom stereocenters. The van der Waals surface area contributed by atoms with Gasteiger partial charge in [-0.05, 0) is 19.3 Å². The lowest BCUT2D eigenvalue weighted by Gasteiger charge is -2.06. The van der Waals surface area contributed by atoms with Crippen LogP contribution in [-0.2, 0) is 14.3 Å². The summed E-state index contributed by atoms with van der Waals surface area (Å²) in [5, 5.41) is 8.64. The summed E-state index contributed by atoms with van der Waals surface area (Å²) in [6.07, 6.45) is 48.6. The zero-order chi connectivity index (χ0) is 33.4. The zero-order valence-corrected chi connectivity index (χ0v) is 31.2. The van der Waals surface area contributed by atoms with Crippen molar-refractivity contribution in [1.82, 2.24) is 0 Å². The molecule has 0 saturated carbocycles. The zero-order valence-electron chi connectivity index (χ0n) is 31.2. The third-order valence-corrected chi connectivity index (χ3v) is 9.78. The number of carbonyl (C=O) groups excluding carboxylic acids is 1. The smallest absolute Gasteiger partial charge is 0.305 e. The van der Waals surface area contributed by atoms with Crippen LogP contribution in [0.3, 0.4) is 0 Å². The number of carboxylic acid groups (broad SMARTS) is 1. The van der Waals surface area contributed by atoms with E-state index in [-0.39, 0.29) is 5.97 Å². The largest absolute Gasteiger partial charge is 0.481 e. The highest BCUT2D eigenvalue weighted by molar-refractivity contribution is 5.69. The second-order valence-electron chi connectivity index (χ2n) is 14.5. The van der Waals surface area contributed by atoms with Crippen molar-refractivity contribution in [2.75, 3.05) is 6.61 Å². The van der Waals surface area contributed by atoms with Gasteiger partial charge in [0.15, 0.2) is 0 Å². The Bertz CT molecular complexity index is 604. The molecule has 0 saturated heterocycles. The number of hydrogen-bond donors (Lipinski definition) is 1. The SMILES string of the molecule is CCCCCCCCCCCCCC(=O)OCCCCCCCCCCCCCCCCCCCCCCCCCCCC(=O)O. The van der Waals surface area contributed by atoms with Crippen molar-refractivity contribution in [2.45, 2.75) is 251 Å². The Morgan fingerprint density at radius 3 is 0.870 bits per heavy atom. The molecule has 0 fully saturated rings.